The summed E-state index contributed by atoms with van der Waals surface area (Å²) in [4.78, 5) is 1.72. The minimum Gasteiger partial charge on any atom is -0.508 e. The molecule has 0 amide bonds. The van der Waals surface area contributed by atoms with Crippen molar-refractivity contribution in [2.45, 2.75) is 111 Å². The number of allylic oxidation sites excluding steroid dienone is 3. The Hall–Kier alpha value is -1.95. The van der Waals surface area contributed by atoms with Gasteiger partial charge in [-0.25, -0.2) is 4.18 Å². The molecule has 1 unspecified atom stereocenters. The molecule has 2 aliphatic carbocycles. The predicted molar refractivity (Wildman–Crippen MR) is 178 cm³/mol. The van der Waals surface area contributed by atoms with Crippen LogP contribution in [-0.4, -0.2) is 54.6 Å². The number of nitrogens with two attached hydrogens (primary N) is 2. The van der Waals surface area contributed by atoms with Crippen LogP contribution in [-0.2, 0) is 21.0 Å². The van der Waals surface area contributed by atoms with Gasteiger partial charge >= 0.3 is 10.4 Å². The van der Waals surface area contributed by atoms with E-state index in [-0.39, 0.29) is 40.5 Å². The van der Waals surface area contributed by atoms with Gasteiger partial charge in [0, 0.05) is 5.56 Å². The SMILES string of the molecule is C=C1CCC2C(C)(C)CCC[C@]2(C)[C@H]1C[C@@H](OS(=O)(=O)O)[C@H](C)CCC/C(C)=C/Cc1cc(O)ccc1O.CN(C)C(N)N. The molecule has 44 heavy (non-hydrogen) atoms. The van der Waals surface area contributed by atoms with E-state index in [1.54, 1.807) is 11.0 Å². The molecule has 0 bridgehead atoms. The summed E-state index contributed by atoms with van der Waals surface area (Å²) in [5, 5.41) is 19.7. The number of phenols is 2. The molecular formula is C34H59N3O6S. The van der Waals surface area contributed by atoms with E-state index in [4.69, 9.17) is 15.7 Å². The van der Waals surface area contributed by atoms with Crippen molar-refractivity contribution in [3.63, 3.8) is 0 Å². The van der Waals surface area contributed by atoms with Crippen LogP contribution in [0.2, 0.25) is 0 Å². The minimum absolute atomic E-state index is 0.0500. The zero-order chi connectivity index (χ0) is 33.5. The Morgan fingerprint density at radius 3 is 2.43 bits per heavy atom. The number of rotatable bonds is 12. The third-order valence-corrected chi connectivity index (χ3v) is 10.7. The molecule has 3 rings (SSSR count). The van der Waals surface area contributed by atoms with Gasteiger partial charge in [0.25, 0.3) is 0 Å². The Balaban J connectivity index is 0.00000102. The van der Waals surface area contributed by atoms with Gasteiger partial charge in [-0.15, -0.1) is 0 Å². The van der Waals surface area contributed by atoms with E-state index in [2.05, 4.69) is 27.4 Å². The summed E-state index contributed by atoms with van der Waals surface area (Å²) in [7, 11) is -0.934. The maximum absolute atomic E-state index is 11.9. The lowest BCUT2D eigenvalue weighted by Crippen LogP contribution is -2.50. The summed E-state index contributed by atoms with van der Waals surface area (Å²) in [6.45, 7) is 15.6. The standard InChI is InChI=1S/C31H48O6S.C3H11N3/c1-21(11-13-24-19-25(32)14-15-27(24)33)9-7-10-23(3)28(37-38(34,35)36)20-26-22(2)12-16-29-30(4,5)17-8-18-31(26,29)6;1-6(2)3(4)5/h11,14-15,19,23,26,28-29,32-33H,2,7-10,12-13,16-18,20H2,1,3-6H3,(H,34,35,36);3H,4-5H2,1-2H3/b21-11+;/t23-,26+,28-,29?,31-;/m1./s1. The Labute approximate surface area is 266 Å². The average Bonchev–Trinajstić information content (AvgIpc) is 2.89. The summed E-state index contributed by atoms with van der Waals surface area (Å²) in [5.74, 6) is 0.937. The van der Waals surface area contributed by atoms with E-state index in [9.17, 15) is 23.2 Å². The molecule has 5 atom stereocenters. The second-order valence-electron chi connectivity index (χ2n) is 14.3. The molecule has 0 aromatic heterocycles. The molecule has 0 aliphatic heterocycles. The number of hydrogen-bond acceptors (Lipinski definition) is 8. The van der Waals surface area contributed by atoms with E-state index in [0.29, 0.717) is 24.3 Å². The van der Waals surface area contributed by atoms with Crippen molar-refractivity contribution < 1.29 is 27.4 Å². The molecule has 2 saturated carbocycles. The van der Waals surface area contributed by atoms with E-state index in [0.717, 1.165) is 50.5 Å². The molecule has 2 fully saturated rings. The highest BCUT2D eigenvalue weighted by Crippen LogP contribution is 2.62. The molecule has 0 saturated heterocycles. The topological polar surface area (TPSA) is 159 Å². The van der Waals surface area contributed by atoms with Crippen molar-refractivity contribution in [2.75, 3.05) is 14.1 Å². The number of phenolic OH excluding ortho intramolecular Hbond substituents is 2. The lowest BCUT2D eigenvalue weighted by atomic mass is 9.47. The highest BCUT2D eigenvalue weighted by Gasteiger charge is 2.53. The van der Waals surface area contributed by atoms with Gasteiger partial charge in [-0.1, -0.05) is 57.9 Å². The van der Waals surface area contributed by atoms with Crippen LogP contribution in [0.5, 0.6) is 11.5 Å². The van der Waals surface area contributed by atoms with Crippen LogP contribution in [0.4, 0.5) is 0 Å². The van der Waals surface area contributed by atoms with Gasteiger partial charge in [0.1, 0.15) is 17.8 Å². The number of aromatic hydroxyl groups is 2. The first-order valence-electron chi connectivity index (χ1n) is 15.9. The monoisotopic (exact) mass is 637 g/mol. The first kappa shape index (κ1) is 38.2. The summed E-state index contributed by atoms with van der Waals surface area (Å²) in [6.07, 6.45) is 10.2. The smallest absolute Gasteiger partial charge is 0.397 e. The van der Waals surface area contributed by atoms with Gasteiger partial charge in [-0.3, -0.25) is 9.45 Å². The molecule has 7 N–H and O–H groups in total. The lowest BCUT2D eigenvalue weighted by molar-refractivity contribution is -0.0654. The third kappa shape index (κ3) is 11.1. The van der Waals surface area contributed by atoms with E-state index in [1.165, 1.54) is 24.1 Å². The Morgan fingerprint density at radius 2 is 1.84 bits per heavy atom. The van der Waals surface area contributed by atoms with Crippen LogP contribution in [0.15, 0.2) is 42.0 Å². The minimum atomic E-state index is -4.58. The maximum Gasteiger partial charge on any atom is 0.397 e. The maximum atomic E-state index is 11.9. The molecule has 2 aliphatic rings. The molecule has 1 aromatic carbocycles. The summed E-state index contributed by atoms with van der Waals surface area (Å²) in [6, 6.07) is 4.51. The van der Waals surface area contributed by atoms with Crippen LogP contribution in [0.3, 0.4) is 0 Å². The molecule has 252 valence electrons. The van der Waals surface area contributed by atoms with E-state index in [1.807, 2.05) is 34.0 Å². The second-order valence-corrected chi connectivity index (χ2v) is 15.4. The van der Waals surface area contributed by atoms with Gasteiger partial charge in [0.2, 0.25) is 0 Å². The number of fused-ring (bicyclic) bond motifs is 1. The van der Waals surface area contributed by atoms with E-state index >= 15 is 0 Å². The molecule has 0 spiro atoms. The van der Waals surface area contributed by atoms with Gasteiger partial charge < -0.3 is 21.7 Å². The predicted octanol–water partition coefficient (Wildman–Crippen LogP) is 6.52. The first-order valence-corrected chi connectivity index (χ1v) is 17.3. The van der Waals surface area contributed by atoms with Crippen LogP contribution in [0.25, 0.3) is 0 Å². The zero-order valence-corrected chi connectivity index (χ0v) is 28.9. The zero-order valence-electron chi connectivity index (χ0n) is 28.1. The largest absolute Gasteiger partial charge is 0.508 e. The number of hydrogen-bond donors (Lipinski definition) is 5. The average molecular weight is 638 g/mol. The molecule has 1 aromatic rings. The van der Waals surface area contributed by atoms with Crippen molar-refractivity contribution in [3.8, 4) is 11.5 Å². The molecule has 10 heteroatoms. The van der Waals surface area contributed by atoms with Gasteiger partial charge in [-0.2, -0.15) is 8.42 Å². The van der Waals surface area contributed by atoms with Crippen molar-refractivity contribution in [3.05, 3.63) is 47.6 Å². The highest BCUT2D eigenvalue weighted by atomic mass is 32.3. The Morgan fingerprint density at radius 1 is 1.20 bits per heavy atom. The quantitative estimate of drug-likeness (QED) is 0.0744. The van der Waals surface area contributed by atoms with Crippen molar-refractivity contribution in [1.82, 2.24) is 4.90 Å². The first-order chi connectivity index (χ1) is 20.3. The van der Waals surface area contributed by atoms with Crippen LogP contribution >= 0.6 is 0 Å². The lowest BCUT2D eigenvalue weighted by Gasteiger charge is -2.58. The fraction of sp³-hybridized carbons (Fsp3) is 0.706. The van der Waals surface area contributed by atoms with Gasteiger partial charge in [0.05, 0.1) is 6.10 Å². The van der Waals surface area contributed by atoms with E-state index < -0.39 is 16.5 Å². The van der Waals surface area contributed by atoms with Crippen molar-refractivity contribution in [2.24, 2.45) is 40.1 Å². The summed E-state index contributed by atoms with van der Waals surface area (Å²) < 4.78 is 38.7. The van der Waals surface area contributed by atoms with Crippen LogP contribution in [0.1, 0.15) is 98.0 Å². The highest BCUT2D eigenvalue weighted by molar-refractivity contribution is 7.80. The Bertz CT molecular complexity index is 1220. The summed E-state index contributed by atoms with van der Waals surface area (Å²) in [5.41, 5.74) is 13.6. The fourth-order valence-electron chi connectivity index (χ4n) is 7.48. The van der Waals surface area contributed by atoms with Crippen molar-refractivity contribution >= 4 is 10.4 Å². The third-order valence-electron chi connectivity index (χ3n) is 10.2. The molecule has 0 heterocycles. The number of nitrogens with zero attached hydrogens (tertiary/aromatic N) is 1. The summed E-state index contributed by atoms with van der Waals surface area (Å²) >= 11 is 0. The molecule has 9 nitrogen and oxygen atoms in total. The van der Waals surface area contributed by atoms with Crippen LogP contribution < -0.4 is 11.5 Å². The van der Waals surface area contributed by atoms with Crippen LogP contribution in [0, 0.1) is 28.6 Å². The van der Waals surface area contributed by atoms with Gasteiger partial charge in [0.15, 0.2) is 0 Å². The second kappa shape index (κ2) is 16.1. The molecular weight excluding hydrogens is 578 g/mol. The van der Waals surface area contributed by atoms with Gasteiger partial charge in [-0.05, 0) is 126 Å². The number of benzene rings is 1. The molecule has 0 radical (unpaired) electrons. The Kier molecular flexibility index (Phi) is 13.9. The normalized spacial score (nSPS) is 25.3. The van der Waals surface area contributed by atoms with Crippen molar-refractivity contribution in [1.29, 1.82) is 0 Å². The fourth-order valence-corrected chi connectivity index (χ4v) is 8.06.